The van der Waals surface area contributed by atoms with Gasteiger partial charge in [-0.15, -0.1) is 0 Å². The molecule has 0 saturated carbocycles. The molecule has 8 aromatic carbocycles. The molecule has 10 rings (SSSR count). The highest BCUT2D eigenvalue weighted by Gasteiger charge is 2.16. The van der Waals surface area contributed by atoms with Crippen molar-refractivity contribution < 1.29 is 0 Å². The lowest BCUT2D eigenvalue weighted by molar-refractivity contribution is 0.988. The van der Waals surface area contributed by atoms with Gasteiger partial charge in [-0.3, -0.25) is 4.57 Å². The predicted molar refractivity (Wildman–Crippen MR) is 233 cm³/mol. The van der Waals surface area contributed by atoms with Gasteiger partial charge in [0.15, 0.2) is 0 Å². The first-order valence-corrected chi connectivity index (χ1v) is 18.9. The van der Waals surface area contributed by atoms with Crippen LogP contribution in [0.2, 0.25) is 0 Å². The zero-order valence-electron chi connectivity index (χ0n) is 30.6. The summed E-state index contributed by atoms with van der Waals surface area (Å²) >= 11 is 0. The predicted octanol–water partition coefficient (Wildman–Crippen LogP) is 13.7. The third-order valence-corrected chi connectivity index (χ3v) is 10.6. The van der Waals surface area contributed by atoms with Gasteiger partial charge in [-0.05, 0) is 99.1 Å². The van der Waals surface area contributed by atoms with Crippen molar-refractivity contribution >= 4 is 38.9 Å². The Morgan fingerprint density at radius 3 is 1.18 bits per heavy atom. The van der Waals surface area contributed by atoms with Gasteiger partial charge >= 0.3 is 0 Å². The zero-order valence-corrected chi connectivity index (χ0v) is 30.6. The highest BCUT2D eigenvalue weighted by molar-refractivity contribution is 6.10. The van der Waals surface area contributed by atoms with Crippen LogP contribution in [0.4, 0.5) is 17.1 Å². The first-order valence-electron chi connectivity index (χ1n) is 18.9. The number of rotatable bonds is 8. The molecule has 0 aliphatic heterocycles. The van der Waals surface area contributed by atoms with Gasteiger partial charge in [-0.1, -0.05) is 152 Å². The van der Waals surface area contributed by atoms with Gasteiger partial charge in [0.05, 0.1) is 11.0 Å². The van der Waals surface area contributed by atoms with Gasteiger partial charge in [-0.25, -0.2) is 9.97 Å². The van der Waals surface area contributed by atoms with Gasteiger partial charge in [0.1, 0.15) is 0 Å². The van der Waals surface area contributed by atoms with Crippen LogP contribution >= 0.6 is 0 Å². The minimum Gasteiger partial charge on any atom is -0.311 e. The first-order chi connectivity index (χ1) is 27.8. The van der Waals surface area contributed by atoms with E-state index in [0.29, 0.717) is 5.95 Å². The second-order valence-corrected chi connectivity index (χ2v) is 13.9. The van der Waals surface area contributed by atoms with E-state index in [4.69, 9.17) is 0 Å². The molecular weight excluding hydrogens is 681 g/mol. The Kier molecular flexibility index (Phi) is 8.47. The van der Waals surface area contributed by atoms with Crippen molar-refractivity contribution in [2.24, 2.45) is 0 Å². The molecule has 264 valence electrons. The van der Waals surface area contributed by atoms with E-state index in [-0.39, 0.29) is 0 Å². The maximum Gasteiger partial charge on any atom is 0.234 e. The number of benzene rings is 8. The summed E-state index contributed by atoms with van der Waals surface area (Å²) in [5.41, 5.74) is 14.9. The third kappa shape index (κ3) is 6.19. The Bertz CT molecular complexity index is 2820. The lowest BCUT2D eigenvalue weighted by Gasteiger charge is -2.26. The van der Waals surface area contributed by atoms with Gasteiger partial charge in [0.25, 0.3) is 0 Å². The molecule has 0 saturated heterocycles. The molecule has 4 heteroatoms. The molecule has 2 heterocycles. The molecule has 0 atom stereocenters. The maximum absolute atomic E-state index is 4.60. The molecule has 0 fully saturated rings. The SMILES string of the molecule is c1ccc(-c2ccc(N(c3ccc(-c4ccccc4)cc3)c3ccc(-c4ccc(-c5ccc6c7ccccc7n(-c7ncccn7)c6c5)cc4)cc3)cc2)cc1. The summed E-state index contributed by atoms with van der Waals surface area (Å²) < 4.78 is 2.16. The van der Waals surface area contributed by atoms with Crippen LogP contribution in [-0.4, -0.2) is 14.5 Å². The molecule has 56 heavy (non-hydrogen) atoms. The number of hydrogen-bond acceptors (Lipinski definition) is 3. The van der Waals surface area contributed by atoms with Crippen molar-refractivity contribution in [2.45, 2.75) is 0 Å². The molecule has 0 unspecified atom stereocenters. The van der Waals surface area contributed by atoms with Gasteiger partial charge in [0, 0.05) is 40.2 Å². The molecule has 2 aromatic heterocycles. The smallest absolute Gasteiger partial charge is 0.234 e. The Morgan fingerprint density at radius 2 is 0.679 bits per heavy atom. The fourth-order valence-electron chi connectivity index (χ4n) is 7.74. The van der Waals surface area contributed by atoms with Crippen LogP contribution in [0.25, 0.3) is 72.3 Å². The lowest BCUT2D eigenvalue weighted by Crippen LogP contribution is -2.09. The van der Waals surface area contributed by atoms with Crippen molar-refractivity contribution in [3.8, 4) is 50.5 Å². The molecule has 0 aliphatic carbocycles. The summed E-state index contributed by atoms with van der Waals surface area (Å²) in [5, 5.41) is 2.37. The Morgan fingerprint density at radius 1 is 0.304 bits per heavy atom. The van der Waals surface area contributed by atoms with Crippen molar-refractivity contribution in [1.29, 1.82) is 0 Å². The summed E-state index contributed by atoms with van der Waals surface area (Å²) in [4.78, 5) is 11.5. The van der Waals surface area contributed by atoms with E-state index >= 15 is 0 Å². The van der Waals surface area contributed by atoms with Crippen molar-refractivity contribution in [1.82, 2.24) is 14.5 Å². The average molecular weight is 717 g/mol. The summed E-state index contributed by atoms with van der Waals surface area (Å²) in [6, 6.07) is 73.5. The van der Waals surface area contributed by atoms with Crippen LogP contribution < -0.4 is 4.90 Å². The number of aromatic nitrogens is 3. The van der Waals surface area contributed by atoms with Gasteiger partial charge in [0.2, 0.25) is 5.95 Å². The molecule has 0 radical (unpaired) electrons. The third-order valence-electron chi connectivity index (χ3n) is 10.6. The van der Waals surface area contributed by atoms with Crippen LogP contribution in [0.5, 0.6) is 0 Å². The summed E-state index contributed by atoms with van der Waals surface area (Å²) in [6.45, 7) is 0. The number of fused-ring (bicyclic) bond motifs is 3. The highest BCUT2D eigenvalue weighted by atomic mass is 15.2. The van der Waals surface area contributed by atoms with Crippen LogP contribution in [0.1, 0.15) is 0 Å². The van der Waals surface area contributed by atoms with Crippen LogP contribution in [0, 0.1) is 0 Å². The topological polar surface area (TPSA) is 34.0 Å². The van der Waals surface area contributed by atoms with Gasteiger partial charge in [-0.2, -0.15) is 0 Å². The second kappa shape index (κ2) is 14.3. The lowest BCUT2D eigenvalue weighted by atomic mass is 9.99. The number of anilines is 3. The first kappa shape index (κ1) is 33.0. The second-order valence-electron chi connectivity index (χ2n) is 13.9. The highest BCUT2D eigenvalue weighted by Crippen LogP contribution is 2.39. The van der Waals surface area contributed by atoms with Crippen molar-refractivity contribution in [3.05, 3.63) is 219 Å². The standard InChI is InChI=1S/C52H36N4/c1-3-10-37(11-4-1)40-20-27-45(28-21-40)55(46-29-22-41(23-30-46)38-12-5-2-6-13-38)47-31-24-42(25-32-47)39-16-18-43(19-17-39)44-26-33-49-48-14-7-8-15-50(48)56(51(49)36-44)52-53-34-9-35-54-52/h1-36H. The molecule has 0 bridgehead atoms. The Balaban J connectivity index is 0.966. The molecule has 0 N–H and O–H groups in total. The molecule has 0 aliphatic rings. The fraction of sp³-hybridized carbons (Fsp3) is 0. The van der Waals surface area contributed by atoms with E-state index in [1.165, 1.54) is 38.6 Å². The van der Waals surface area contributed by atoms with E-state index < -0.39 is 0 Å². The number of para-hydroxylation sites is 1. The van der Waals surface area contributed by atoms with E-state index in [2.05, 4.69) is 220 Å². The molecule has 0 spiro atoms. The largest absolute Gasteiger partial charge is 0.311 e. The van der Waals surface area contributed by atoms with E-state index in [1.807, 2.05) is 6.07 Å². The van der Waals surface area contributed by atoms with Crippen LogP contribution in [-0.2, 0) is 0 Å². The van der Waals surface area contributed by atoms with Crippen LogP contribution in [0.3, 0.4) is 0 Å². The Labute approximate surface area is 326 Å². The Hall–Kier alpha value is -7.56. The average Bonchev–Trinajstić information content (AvgIpc) is 3.62. The minimum atomic E-state index is 0.668. The maximum atomic E-state index is 4.60. The summed E-state index contributed by atoms with van der Waals surface area (Å²) in [7, 11) is 0. The zero-order chi connectivity index (χ0) is 37.3. The van der Waals surface area contributed by atoms with Crippen molar-refractivity contribution in [2.75, 3.05) is 4.90 Å². The van der Waals surface area contributed by atoms with Gasteiger partial charge < -0.3 is 4.90 Å². The monoisotopic (exact) mass is 716 g/mol. The fourth-order valence-corrected chi connectivity index (χ4v) is 7.74. The summed E-state index contributed by atoms with van der Waals surface area (Å²) in [6.07, 6.45) is 3.59. The number of nitrogens with zero attached hydrogens (tertiary/aromatic N) is 4. The van der Waals surface area contributed by atoms with Crippen LogP contribution in [0.15, 0.2) is 219 Å². The quantitative estimate of drug-likeness (QED) is 0.157. The summed E-state index contributed by atoms with van der Waals surface area (Å²) in [5.74, 6) is 0.668. The minimum absolute atomic E-state index is 0.668. The normalized spacial score (nSPS) is 11.2. The number of hydrogen-bond donors (Lipinski definition) is 0. The van der Waals surface area contributed by atoms with Crippen molar-refractivity contribution in [3.63, 3.8) is 0 Å². The molecule has 4 nitrogen and oxygen atoms in total. The molecule has 10 aromatic rings. The molecular formula is C52H36N4. The van der Waals surface area contributed by atoms with E-state index in [9.17, 15) is 0 Å². The van der Waals surface area contributed by atoms with E-state index in [0.717, 1.165) is 44.8 Å². The van der Waals surface area contributed by atoms with E-state index in [1.54, 1.807) is 12.4 Å². The molecule has 0 amide bonds.